The van der Waals surface area contributed by atoms with Gasteiger partial charge < -0.3 is 10.2 Å². The predicted molar refractivity (Wildman–Crippen MR) is 71.9 cm³/mol. The molecule has 1 aliphatic rings. The molecular formula is C13H19BrN2. The summed E-state index contributed by atoms with van der Waals surface area (Å²) >= 11 is 3.54. The topological polar surface area (TPSA) is 15.3 Å². The molecular weight excluding hydrogens is 264 g/mol. The minimum atomic E-state index is 1.14. The van der Waals surface area contributed by atoms with Gasteiger partial charge in [0.2, 0.25) is 0 Å². The number of benzene rings is 1. The Morgan fingerprint density at radius 3 is 2.81 bits per heavy atom. The maximum atomic E-state index is 3.54. The van der Waals surface area contributed by atoms with E-state index in [-0.39, 0.29) is 0 Å². The SMILES string of the molecule is Cc1ccc(Br)cc1CCN1CCNCC1. The first-order valence-electron chi connectivity index (χ1n) is 5.94. The van der Waals surface area contributed by atoms with Crippen molar-refractivity contribution in [1.82, 2.24) is 10.2 Å². The van der Waals surface area contributed by atoms with E-state index in [1.54, 1.807) is 0 Å². The molecule has 1 saturated heterocycles. The average Bonchev–Trinajstić information content (AvgIpc) is 2.32. The van der Waals surface area contributed by atoms with Gasteiger partial charge in [-0.3, -0.25) is 0 Å². The highest BCUT2D eigenvalue weighted by molar-refractivity contribution is 9.10. The van der Waals surface area contributed by atoms with Gasteiger partial charge in [0.25, 0.3) is 0 Å². The molecule has 1 fully saturated rings. The quantitative estimate of drug-likeness (QED) is 0.915. The van der Waals surface area contributed by atoms with Crippen LogP contribution in [0.1, 0.15) is 11.1 Å². The lowest BCUT2D eigenvalue weighted by Gasteiger charge is -2.27. The fraction of sp³-hybridized carbons (Fsp3) is 0.538. The average molecular weight is 283 g/mol. The van der Waals surface area contributed by atoms with Crippen molar-refractivity contribution < 1.29 is 0 Å². The molecule has 2 nitrogen and oxygen atoms in total. The summed E-state index contributed by atoms with van der Waals surface area (Å²) in [4.78, 5) is 2.54. The summed E-state index contributed by atoms with van der Waals surface area (Å²) < 4.78 is 1.19. The van der Waals surface area contributed by atoms with Gasteiger partial charge >= 0.3 is 0 Å². The number of hydrogen-bond donors (Lipinski definition) is 1. The Morgan fingerprint density at radius 1 is 1.31 bits per heavy atom. The van der Waals surface area contributed by atoms with E-state index in [1.165, 1.54) is 35.2 Å². The molecule has 0 saturated carbocycles. The van der Waals surface area contributed by atoms with Crippen molar-refractivity contribution in [3.05, 3.63) is 33.8 Å². The fourth-order valence-corrected chi connectivity index (χ4v) is 2.53. The van der Waals surface area contributed by atoms with E-state index in [9.17, 15) is 0 Å². The first kappa shape index (κ1) is 12.1. The van der Waals surface area contributed by atoms with Gasteiger partial charge in [0.05, 0.1) is 0 Å². The Hall–Kier alpha value is -0.380. The Labute approximate surface area is 106 Å². The molecule has 1 aromatic rings. The summed E-state index contributed by atoms with van der Waals surface area (Å²) in [5, 5.41) is 3.38. The Morgan fingerprint density at radius 2 is 2.06 bits per heavy atom. The second kappa shape index (κ2) is 5.80. The number of piperazine rings is 1. The van der Waals surface area contributed by atoms with Crippen molar-refractivity contribution >= 4 is 15.9 Å². The molecule has 1 aliphatic heterocycles. The number of hydrogen-bond acceptors (Lipinski definition) is 2. The van der Waals surface area contributed by atoms with E-state index in [4.69, 9.17) is 0 Å². The molecule has 0 aromatic heterocycles. The molecule has 0 radical (unpaired) electrons. The molecule has 88 valence electrons. The molecule has 0 atom stereocenters. The molecule has 1 heterocycles. The van der Waals surface area contributed by atoms with Crippen molar-refractivity contribution in [2.45, 2.75) is 13.3 Å². The number of nitrogens with zero attached hydrogens (tertiary/aromatic N) is 1. The first-order valence-corrected chi connectivity index (χ1v) is 6.73. The molecule has 16 heavy (non-hydrogen) atoms. The second-order valence-corrected chi connectivity index (χ2v) is 5.33. The van der Waals surface area contributed by atoms with Crippen LogP contribution < -0.4 is 5.32 Å². The van der Waals surface area contributed by atoms with Crippen molar-refractivity contribution in [3.63, 3.8) is 0 Å². The maximum Gasteiger partial charge on any atom is 0.0178 e. The van der Waals surface area contributed by atoms with Crippen LogP contribution >= 0.6 is 15.9 Å². The van der Waals surface area contributed by atoms with E-state index < -0.39 is 0 Å². The molecule has 1 N–H and O–H groups in total. The highest BCUT2D eigenvalue weighted by Gasteiger charge is 2.09. The smallest absolute Gasteiger partial charge is 0.0178 e. The summed E-state index contributed by atoms with van der Waals surface area (Å²) in [6.45, 7) is 8.02. The van der Waals surface area contributed by atoms with Crippen LogP contribution in [0.2, 0.25) is 0 Å². The number of nitrogens with one attached hydrogen (secondary N) is 1. The summed E-state index contributed by atoms with van der Waals surface area (Å²) in [6.07, 6.45) is 1.16. The van der Waals surface area contributed by atoms with Crippen LogP contribution in [0.15, 0.2) is 22.7 Å². The van der Waals surface area contributed by atoms with Crippen LogP contribution in [0.4, 0.5) is 0 Å². The Balaban J connectivity index is 1.90. The highest BCUT2D eigenvalue weighted by atomic mass is 79.9. The van der Waals surface area contributed by atoms with Gasteiger partial charge in [-0.2, -0.15) is 0 Å². The summed E-state index contributed by atoms with van der Waals surface area (Å²) in [5.41, 5.74) is 2.87. The summed E-state index contributed by atoms with van der Waals surface area (Å²) in [5.74, 6) is 0. The Kier molecular flexibility index (Phi) is 4.38. The van der Waals surface area contributed by atoms with Gasteiger partial charge in [-0.15, -0.1) is 0 Å². The van der Waals surface area contributed by atoms with Gasteiger partial charge in [-0.05, 0) is 36.6 Å². The largest absolute Gasteiger partial charge is 0.314 e. The first-order chi connectivity index (χ1) is 7.75. The van der Waals surface area contributed by atoms with Crippen LogP contribution in [0.5, 0.6) is 0 Å². The molecule has 0 spiro atoms. The number of aryl methyl sites for hydroxylation is 1. The van der Waals surface area contributed by atoms with Gasteiger partial charge in [0, 0.05) is 37.2 Å². The zero-order valence-electron chi connectivity index (χ0n) is 9.80. The third kappa shape index (κ3) is 3.30. The van der Waals surface area contributed by atoms with Gasteiger partial charge in [0.1, 0.15) is 0 Å². The normalized spacial score (nSPS) is 17.6. The molecule has 0 amide bonds. The molecule has 1 aromatic carbocycles. The van der Waals surface area contributed by atoms with Crippen LogP contribution in [0.3, 0.4) is 0 Å². The standard InChI is InChI=1S/C13H19BrN2/c1-11-2-3-13(14)10-12(11)4-7-16-8-5-15-6-9-16/h2-3,10,15H,4-9H2,1H3. The van der Waals surface area contributed by atoms with Crippen LogP contribution in [0.25, 0.3) is 0 Å². The second-order valence-electron chi connectivity index (χ2n) is 4.41. The maximum absolute atomic E-state index is 3.54. The lowest BCUT2D eigenvalue weighted by molar-refractivity contribution is 0.244. The van der Waals surface area contributed by atoms with Crippen molar-refractivity contribution in [2.24, 2.45) is 0 Å². The van der Waals surface area contributed by atoms with Gasteiger partial charge in [0.15, 0.2) is 0 Å². The Bertz CT molecular complexity index is 346. The molecule has 2 rings (SSSR count). The summed E-state index contributed by atoms with van der Waals surface area (Å²) in [7, 11) is 0. The minimum Gasteiger partial charge on any atom is -0.314 e. The third-order valence-corrected chi connectivity index (χ3v) is 3.71. The van der Waals surface area contributed by atoms with E-state index in [0.717, 1.165) is 19.5 Å². The highest BCUT2D eigenvalue weighted by Crippen LogP contribution is 2.16. The molecule has 0 bridgehead atoms. The van der Waals surface area contributed by atoms with Gasteiger partial charge in [-0.25, -0.2) is 0 Å². The van der Waals surface area contributed by atoms with Crippen LogP contribution in [-0.2, 0) is 6.42 Å². The monoisotopic (exact) mass is 282 g/mol. The van der Waals surface area contributed by atoms with E-state index >= 15 is 0 Å². The molecule has 0 unspecified atom stereocenters. The zero-order valence-corrected chi connectivity index (χ0v) is 11.4. The lowest BCUT2D eigenvalue weighted by Crippen LogP contribution is -2.44. The number of rotatable bonds is 3. The van der Waals surface area contributed by atoms with Crippen molar-refractivity contribution in [2.75, 3.05) is 32.7 Å². The van der Waals surface area contributed by atoms with Gasteiger partial charge in [-0.1, -0.05) is 22.0 Å². The van der Waals surface area contributed by atoms with Crippen molar-refractivity contribution in [3.8, 4) is 0 Å². The van der Waals surface area contributed by atoms with E-state index in [1.807, 2.05) is 0 Å². The summed E-state index contributed by atoms with van der Waals surface area (Å²) in [6, 6.07) is 6.55. The number of halogens is 1. The van der Waals surface area contributed by atoms with E-state index in [0.29, 0.717) is 0 Å². The van der Waals surface area contributed by atoms with Crippen LogP contribution in [-0.4, -0.2) is 37.6 Å². The third-order valence-electron chi connectivity index (χ3n) is 3.22. The van der Waals surface area contributed by atoms with Crippen LogP contribution in [0, 0.1) is 6.92 Å². The predicted octanol–water partition coefficient (Wildman–Crippen LogP) is 2.21. The van der Waals surface area contributed by atoms with Crippen molar-refractivity contribution in [1.29, 1.82) is 0 Å². The molecule has 3 heteroatoms. The minimum absolute atomic E-state index is 1.14. The lowest BCUT2D eigenvalue weighted by atomic mass is 10.1. The molecule has 0 aliphatic carbocycles. The van der Waals surface area contributed by atoms with E-state index in [2.05, 4.69) is 51.3 Å². The fourth-order valence-electron chi connectivity index (χ4n) is 2.12. The zero-order chi connectivity index (χ0) is 11.4.